The summed E-state index contributed by atoms with van der Waals surface area (Å²) in [5.41, 5.74) is 0. The summed E-state index contributed by atoms with van der Waals surface area (Å²) in [4.78, 5) is 24.4. The van der Waals surface area contributed by atoms with Gasteiger partial charge in [-0.2, -0.15) is 0 Å². The lowest BCUT2D eigenvalue weighted by Crippen LogP contribution is -2.45. The monoisotopic (exact) mass is 914 g/mol. The van der Waals surface area contributed by atoms with Gasteiger partial charge >= 0.3 is 5.97 Å². The highest BCUT2D eigenvalue weighted by Crippen LogP contribution is 2.16. The molecule has 0 aromatic rings. The number of hydrogen-bond donors (Lipinski definition) is 3. The smallest absolute Gasteiger partial charge is 0.305 e. The molecule has 3 N–H and O–H groups in total. The minimum Gasteiger partial charge on any atom is -0.466 e. The second-order valence-corrected chi connectivity index (χ2v) is 19.6. The van der Waals surface area contributed by atoms with Crippen molar-refractivity contribution in [2.45, 2.75) is 315 Å². The van der Waals surface area contributed by atoms with Crippen molar-refractivity contribution < 1.29 is 24.5 Å². The highest BCUT2D eigenvalue weighted by atomic mass is 16.5. The number of rotatable bonds is 53. The Morgan fingerprint density at radius 1 is 0.415 bits per heavy atom. The SMILES string of the molecule is CCCCCC/C=C\CCCCCCCC(=O)OCCCCCCCCCCCCCC/C=C\CCCCCCCCCCC(=O)NC(CO)C(O)/C=C/CCCCCCCCCCC. The number of hydrogen-bond acceptors (Lipinski definition) is 5. The average Bonchev–Trinajstić information content (AvgIpc) is 3.31. The number of aliphatic hydroxyl groups excluding tert-OH is 2. The first-order chi connectivity index (χ1) is 32.0. The van der Waals surface area contributed by atoms with Crippen molar-refractivity contribution in [1.29, 1.82) is 0 Å². The molecule has 0 saturated heterocycles. The normalized spacial score (nSPS) is 12.9. The molecular weight excluding hydrogens is 803 g/mol. The van der Waals surface area contributed by atoms with Gasteiger partial charge in [0.25, 0.3) is 0 Å². The molecule has 0 spiro atoms. The molecule has 0 aliphatic heterocycles. The van der Waals surface area contributed by atoms with Crippen molar-refractivity contribution in [3.05, 3.63) is 36.5 Å². The van der Waals surface area contributed by atoms with E-state index >= 15 is 0 Å². The first-order valence-electron chi connectivity index (χ1n) is 28.8. The summed E-state index contributed by atoms with van der Waals surface area (Å²) in [5.74, 6) is -0.0716. The summed E-state index contributed by atoms with van der Waals surface area (Å²) in [6, 6.07) is -0.630. The van der Waals surface area contributed by atoms with Gasteiger partial charge in [0.05, 0.1) is 25.4 Å². The first kappa shape index (κ1) is 63.1. The Balaban J connectivity index is 3.41. The molecule has 2 unspecified atom stereocenters. The van der Waals surface area contributed by atoms with Crippen molar-refractivity contribution in [3.8, 4) is 0 Å². The predicted molar refractivity (Wildman–Crippen MR) is 283 cm³/mol. The lowest BCUT2D eigenvalue weighted by atomic mass is 10.0. The van der Waals surface area contributed by atoms with Gasteiger partial charge in [-0.1, -0.05) is 243 Å². The third kappa shape index (κ3) is 51.3. The second-order valence-electron chi connectivity index (χ2n) is 19.6. The minimum atomic E-state index is -0.846. The molecule has 6 nitrogen and oxygen atoms in total. The van der Waals surface area contributed by atoms with E-state index in [1.54, 1.807) is 6.08 Å². The van der Waals surface area contributed by atoms with Crippen LogP contribution in [0.1, 0.15) is 303 Å². The highest BCUT2D eigenvalue weighted by Gasteiger charge is 2.18. The number of carbonyl (C=O) groups is 2. The number of ether oxygens (including phenoxy) is 1. The largest absolute Gasteiger partial charge is 0.466 e. The summed E-state index contributed by atoms with van der Waals surface area (Å²) in [5, 5.41) is 23.0. The molecule has 2 atom stereocenters. The molecule has 0 heterocycles. The predicted octanol–water partition coefficient (Wildman–Crippen LogP) is 17.6. The van der Waals surface area contributed by atoms with E-state index in [0.29, 0.717) is 19.4 Å². The topological polar surface area (TPSA) is 95.9 Å². The molecule has 0 aliphatic rings. The van der Waals surface area contributed by atoms with Crippen molar-refractivity contribution in [2.24, 2.45) is 0 Å². The van der Waals surface area contributed by atoms with Crippen LogP contribution >= 0.6 is 0 Å². The fourth-order valence-electron chi connectivity index (χ4n) is 8.68. The van der Waals surface area contributed by atoms with Crippen LogP contribution in [0.5, 0.6) is 0 Å². The van der Waals surface area contributed by atoms with Crippen molar-refractivity contribution >= 4 is 11.9 Å². The van der Waals surface area contributed by atoms with Gasteiger partial charge in [-0.25, -0.2) is 0 Å². The van der Waals surface area contributed by atoms with E-state index in [4.69, 9.17) is 4.74 Å². The highest BCUT2D eigenvalue weighted by molar-refractivity contribution is 5.76. The van der Waals surface area contributed by atoms with Crippen LogP contribution in [0.25, 0.3) is 0 Å². The van der Waals surface area contributed by atoms with Crippen LogP contribution in [-0.2, 0) is 14.3 Å². The van der Waals surface area contributed by atoms with Crippen LogP contribution in [0.4, 0.5) is 0 Å². The van der Waals surface area contributed by atoms with Gasteiger partial charge in [0.2, 0.25) is 5.91 Å². The van der Waals surface area contributed by atoms with Gasteiger partial charge in [-0.05, 0) is 83.5 Å². The zero-order chi connectivity index (χ0) is 47.2. The Bertz CT molecular complexity index is 1060. The van der Waals surface area contributed by atoms with Crippen LogP contribution in [0.3, 0.4) is 0 Å². The third-order valence-electron chi connectivity index (χ3n) is 13.1. The molecule has 0 aromatic heterocycles. The van der Waals surface area contributed by atoms with Gasteiger partial charge in [-0.15, -0.1) is 0 Å². The number of nitrogens with one attached hydrogen (secondary N) is 1. The van der Waals surface area contributed by atoms with Crippen LogP contribution in [0, 0.1) is 0 Å². The lowest BCUT2D eigenvalue weighted by Gasteiger charge is -2.20. The molecule has 0 fully saturated rings. The quantitative estimate of drug-likeness (QED) is 0.0321. The Kier molecular flexibility index (Phi) is 53.1. The van der Waals surface area contributed by atoms with E-state index in [-0.39, 0.29) is 18.5 Å². The number of aliphatic hydroxyl groups is 2. The van der Waals surface area contributed by atoms with Crippen LogP contribution in [0.15, 0.2) is 36.5 Å². The molecule has 0 bridgehead atoms. The number of allylic oxidation sites excluding steroid dienone is 5. The molecule has 382 valence electrons. The third-order valence-corrected chi connectivity index (χ3v) is 13.1. The molecule has 0 radical (unpaired) electrons. The number of unbranched alkanes of at least 4 members (excludes halogenated alkanes) is 38. The molecule has 0 aliphatic carbocycles. The number of esters is 1. The Hall–Kier alpha value is -1.92. The fourth-order valence-corrected chi connectivity index (χ4v) is 8.68. The van der Waals surface area contributed by atoms with E-state index < -0.39 is 12.1 Å². The fraction of sp³-hybridized carbons (Fsp3) is 0.864. The second kappa shape index (κ2) is 54.7. The van der Waals surface area contributed by atoms with E-state index in [1.807, 2.05) is 6.08 Å². The minimum absolute atomic E-state index is 0.00232. The summed E-state index contributed by atoms with van der Waals surface area (Å²) in [7, 11) is 0. The van der Waals surface area contributed by atoms with Gasteiger partial charge in [0, 0.05) is 12.8 Å². The average molecular weight is 915 g/mol. The summed E-state index contributed by atoms with van der Waals surface area (Å²) < 4.78 is 5.47. The van der Waals surface area contributed by atoms with Gasteiger partial charge in [-0.3, -0.25) is 9.59 Å². The molecule has 0 saturated carbocycles. The summed E-state index contributed by atoms with van der Waals surface area (Å²) in [6.45, 7) is 4.87. The standard InChI is InChI=1S/C59H111NO5/c1-3-5-7-9-11-13-15-28-33-37-41-45-49-53-59(64)65-54-50-46-42-38-34-30-27-25-23-21-19-17-16-18-20-22-24-26-29-32-36-40-44-48-52-58(63)60-56(55-61)57(62)51-47-43-39-35-31-14-12-10-8-6-4-2/h13,15,18,20,47,51,56-57,61-62H,3-12,14,16-17,19,21-46,48-50,52-55H2,1-2H3,(H,60,63)/b15-13-,20-18-,51-47+. The van der Waals surface area contributed by atoms with Crippen LogP contribution in [0.2, 0.25) is 0 Å². The van der Waals surface area contributed by atoms with Crippen molar-refractivity contribution in [1.82, 2.24) is 5.32 Å². The Morgan fingerprint density at radius 3 is 1.11 bits per heavy atom. The van der Waals surface area contributed by atoms with Gasteiger partial charge in [0.15, 0.2) is 0 Å². The van der Waals surface area contributed by atoms with Gasteiger partial charge in [0.1, 0.15) is 0 Å². The van der Waals surface area contributed by atoms with Crippen molar-refractivity contribution in [2.75, 3.05) is 13.2 Å². The molecular formula is C59H111NO5. The van der Waals surface area contributed by atoms with E-state index in [9.17, 15) is 19.8 Å². The maximum atomic E-state index is 12.4. The van der Waals surface area contributed by atoms with Gasteiger partial charge < -0.3 is 20.3 Å². The van der Waals surface area contributed by atoms with Crippen LogP contribution in [-0.4, -0.2) is 47.4 Å². The summed E-state index contributed by atoms with van der Waals surface area (Å²) >= 11 is 0. The van der Waals surface area contributed by atoms with E-state index in [2.05, 4.69) is 43.5 Å². The zero-order valence-electron chi connectivity index (χ0n) is 43.5. The molecule has 0 aromatic carbocycles. The Labute approximate surface area is 404 Å². The molecule has 0 rings (SSSR count). The Morgan fingerprint density at radius 2 is 0.723 bits per heavy atom. The molecule has 1 amide bonds. The van der Waals surface area contributed by atoms with E-state index in [1.165, 1.54) is 231 Å². The summed E-state index contributed by atoms with van der Waals surface area (Å²) in [6.07, 6.45) is 67.4. The zero-order valence-corrected chi connectivity index (χ0v) is 43.5. The van der Waals surface area contributed by atoms with Crippen LogP contribution < -0.4 is 5.32 Å². The lowest BCUT2D eigenvalue weighted by molar-refractivity contribution is -0.143. The number of carbonyl (C=O) groups excluding carboxylic acids is 2. The maximum absolute atomic E-state index is 12.4. The molecule has 6 heteroatoms. The molecule has 65 heavy (non-hydrogen) atoms. The van der Waals surface area contributed by atoms with E-state index in [0.717, 1.165) is 44.9 Å². The van der Waals surface area contributed by atoms with Crippen molar-refractivity contribution in [3.63, 3.8) is 0 Å². The maximum Gasteiger partial charge on any atom is 0.305 e. The number of amides is 1. The first-order valence-corrected chi connectivity index (χ1v) is 28.8.